The number of nitrogens with two attached hydrogens (primary N) is 1. The van der Waals surface area contributed by atoms with Crippen LogP contribution in [0.4, 0.5) is 5.82 Å². The van der Waals surface area contributed by atoms with E-state index in [0.29, 0.717) is 11.9 Å². The van der Waals surface area contributed by atoms with Crippen molar-refractivity contribution in [1.82, 2.24) is 24.1 Å². The normalized spacial score (nSPS) is 20.0. The standard InChI is InChI=1S/C21H24N6/c1-26-15(12-18-19(26)3-2-9-23-18)6-4-14-5-7-16(11-14)27-10-8-17-20(22)24-13-25-21(17)27/h2-3,8-10,12-14,16H,4-7,11H2,1H3,(H2,22,24,25). The molecular formula is C21H24N6. The molecule has 2 atom stereocenters. The SMILES string of the molecule is Cn1c(CCC2CCC(n3ccc4c(N)ncnc43)C2)cc2ncccc21. The van der Waals surface area contributed by atoms with Crippen molar-refractivity contribution in [3.05, 3.63) is 48.7 Å². The summed E-state index contributed by atoms with van der Waals surface area (Å²) >= 11 is 0. The van der Waals surface area contributed by atoms with E-state index >= 15 is 0 Å². The van der Waals surface area contributed by atoms with Crippen LogP contribution >= 0.6 is 0 Å². The summed E-state index contributed by atoms with van der Waals surface area (Å²) in [5, 5.41) is 0.962. The van der Waals surface area contributed by atoms with Crippen molar-refractivity contribution in [2.45, 2.75) is 38.1 Å². The average molecular weight is 360 g/mol. The number of aryl methyl sites for hydroxylation is 2. The van der Waals surface area contributed by atoms with E-state index in [9.17, 15) is 0 Å². The number of hydrogen-bond donors (Lipinski definition) is 1. The monoisotopic (exact) mass is 360 g/mol. The maximum Gasteiger partial charge on any atom is 0.145 e. The average Bonchev–Trinajstić information content (AvgIpc) is 3.38. The number of anilines is 1. The zero-order valence-electron chi connectivity index (χ0n) is 15.5. The van der Waals surface area contributed by atoms with Crippen LogP contribution < -0.4 is 5.73 Å². The largest absolute Gasteiger partial charge is 0.383 e. The van der Waals surface area contributed by atoms with E-state index in [1.165, 1.54) is 36.9 Å². The highest BCUT2D eigenvalue weighted by molar-refractivity contribution is 5.86. The molecule has 1 fully saturated rings. The number of aromatic nitrogens is 5. The molecule has 2 unspecified atom stereocenters. The molecule has 5 rings (SSSR count). The molecule has 0 spiro atoms. The van der Waals surface area contributed by atoms with Crippen molar-refractivity contribution in [2.24, 2.45) is 13.0 Å². The van der Waals surface area contributed by atoms with Crippen molar-refractivity contribution in [1.29, 1.82) is 0 Å². The molecule has 0 aliphatic heterocycles. The summed E-state index contributed by atoms with van der Waals surface area (Å²) in [5.74, 6) is 1.32. The Labute approximate surface area is 158 Å². The summed E-state index contributed by atoms with van der Waals surface area (Å²) in [6.45, 7) is 0. The maximum atomic E-state index is 5.98. The molecule has 0 bridgehead atoms. The van der Waals surface area contributed by atoms with Crippen molar-refractivity contribution in [3.63, 3.8) is 0 Å². The summed E-state index contributed by atoms with van der Waals surface area (Å²) in [5.41, 5.74) is 10.6. The molecule has 6 nitrogen and oxygen atoms in total. The second-order valence-electron chi connectivity index (χ2n) is 7.69. The minimum absolute atomic E-state index is 0.510. The topological polar surface area (TPSA) is 74.5 Å². The fourth-order valence-electron chi connectivity index (χ4n) is 4.65. The van der Waals surface area contributed by atoms with Crippen molar-refractivity contribution < 1.29 is 0 Å². The third-order valence-corrected chi connectivity index (χ3v) is 6.17. The number of rotatable bonds is 4. The van der Waals surface area contributed by atoms with Gasteiger partial charge in [0.25, 0.3) is 0 Å². The van der Waals surface area contributed by atoms with E-state index in [-0.39, 0.29) is 0 Å². The van der Waals surface area contributed by atoms with Crippen LogP contribution in [0.25, 0.3) is 22.1 Å². The smallest absolute Gasteiger partial charge is 0.145 e. The molecule has 4 aromatic rings. The number of fused-ring (bicyclic) bond motifs is 2. The molecule has 0 amide bonds. The Morgan fingerprint density at radius 1 is 1.19 bits per heavy atom. The van der Waals surface area contributed by atoms with Gasteiger partial charge in [0, 0.05) is 31.2 Å². The molecule has 1 aliphatic rings. The van der Waals surface area contributed by atoms with Gasteiger partial charge in [-0.3, -0.25) is 4.98 Å². The van der Waals surface area contributed by atoms with Crippen LogP contribution in [0.15, 0.2) is 43.0 Å². The fourth-order valence-corrected chi connectivity index (χ4v) is 4.65. The van der Waals surface area contributed by atoms with Crippen LogP contribution in [0.3, 0.4) is 0 Å². The second kappa shape index (κ2) is 6.37. The lowest BCUT2D eigenvalue weighted by atomic mass is 10.0. The van der Waals surface area contributed by atoms with Crippen LogP contribution in [0.2, 0.25) is 0 Å². The Morgan fingerprint density at radius 2 is 2.11 bits per heavy atom. The first-order valence-electron chi connectivity index (χ1n) is 9.67. The molecule has 4 heterocycles. The molecule has 2 N–H and O–H groups in total. The van der Waals surface area contributed by atoms with Crippen molar-refractivity contribution in [3.8, 4) is 0 Å². The molecule has 4 aromatic heterocycles. The lowest BCUT2D eigenvalue weighted by Crippen LogP contribution is -2.06. The predicted octanol–water partition coefficient (Wildman–Crippen LogP) is 3.87. The molecule has 1 aliphatic carbocycles. The highest BCUT2D eigenvalue weighted by Crippen LogP contribution is 2.39. The van der Waals surface area contributed by atoms with Crippen LogP contribution in [0, 0.1) is 5.92 Å². The fraction of sp³-hybridized carbons (Fsp3) is 0.381. The first kappa shape index (κ1) is 16.3. The van der Waals surface area contributed by atoms with Gasteiger partial charge in [-0.05, 0) is 62.3 Å². The van der Waals surface area contributed by atoms with E-state index in [0.717, 1.165) is 28.9 Å². The van der Waals surface area contributed by atoms with Gasteiger partial charge >= 0.3 is 0 Å². The van der Waals surface area contributed by atoms with Gasteiger partial charge in [0.2, 0.25) is 0 Å². The van der Waals surface area contributed by atoms with Crippen LogP contribution in [0.5, 0.6) is 0 Å². The first-order chi connectivity index (χ1) is 13.2. The van der Waals surface area contributed by atoms with E-state index < -0.39 is 0 Å². The van der Waals surface area contributed by atoms with Gasteiger partial charge in [0.05, 0.1) is 16.4 Å². The summed E-state index contributed by atoms with van der Waals surface area (Å²) in [6, 6.07) is 8.94. The highest BCUT2D eigenvalue weighted by Gasteiger charge is 2.27. The summed E-state index contributed by atoms with van der Waals surface area (Å²) in [4.78, 5) is 13.0. The molecule has 138 valence electrons. The molecule has 0 radical (unpaired) electrons. The minimum atomic E-state index is 0.510. The minimum Gasteiger partial charge on any atom is -0.383 e. The third-order valence-electron chi connectivity index (χ3n) is 6.17. The number of pyridine rings is 1. The van der Waals surface area contributed by atoms with Gasteiger partial charge in [-0.1, -0.05) is 0 Å². The molecule has 1 saturated carbocycles. The summed E-state index contributed by atoms with van der Waals surface area (Å²) < 4.78 is 4.59. The van der Waals surface area contributed by atoms with E-state index in [1.807, 2.05) is 18.3 Å². The second-order valence-corrected chi connectivity index (χ2v) is 7.69. The third kappa shape index (κ3) is 2.76. The number of nitrogen functional groups attached to an aromatic ring is 1. The van der Waals surface area contributed by atoms with E-state index in [2.05, 4.69) is 49.5 Å². The molecular weight excluding hydrogens is 336 g/mol. The Hall–Kier alpha value is -2.89. The lowest BCUT2D eigenvalue weighted by Gasteiger charge is -2.14. The lowest BCUT2D eigenvalue weighted by molar-refractivity contribution is 0.458. The van der Waals surface area contributed by atoms with Gasteiger partial charge in [0.1, 0.15) is 17.8 Å². The number of nitrogens with zero attached hydrogens (tertiary/aromatic N) is 5. The van der Waals surface area contributed by atoms with Gasteiger partial charge in [0.15, 0.2) is 0 Å². The van der Waals surface area contributed by atoms with E-state index in [1.54, 1.807) is 6.33 Å². The quantitative estimate of drug-likeness (QED) is 0.599. The van der Waals surface area contributed by atoms with Crippen LogP contribution in [-0.2, 0) is 13.5 Å². The van der Waals surface area contributed by atoms with Crippen LogP contribution in [0.1, 0.15) is 37.4 Å². The van der Waals surface area contributed by atoms with Gasteiger partial charge in [-0.2, -0.15) is 0 Å². The zero-order chi connectivity index (χ0) is 18.4. The molecule has 0 saturated heterocycles. The van der Waals surface area contributed by atoms with E-state index in [4.69, 9.17) is 5.73 Å². The van der Waals surface area contributed by atoms with Gasteiger partial charge in [-0.25, -0.2) is 9.97 Å². The summed E-state index contributed by atoms with van der Waals surface area (Å²) in [6.07, 6.45) is 11.6. The molecule has 27 heavy (non-hydrogen) atoms. The summed E-state index contributed by atoms with van der Waals surface area (Å²) in [7, 11) is 2.15. The maximum absolute atomic E-state index is 5.98. The predicted molar refractivity (Wildman–Crippen MR) is 107 cm³/mol. The van der Waals surface area contributed by atoms with Crippen molar-refractivity contribution >= 4 is 27.9 Å². The number of hydrogen-bond acceptors (Lipinski definition) is 4. The first-order valence-corrected chi connectivity index (χ1v) is 9.67. The van der Waals surface area contributed by atoms with Crippen molar-refractivity contribution in [2.75, 3.05) is 5.73 Å². The Morgan fingerprint density at radius 3 is 3.00 bits per heavy atom. The zero-order valence-corrected chi connectivity index (χ0v) is 15.5. The Balaban J connectivity index is 1.29. The Kier molecular flexibility index (Phi) is 3.85. The molecule has 0 aromatic carbocycles. The Bertz CT molecular complexity index is 1110. The van der Waals surface area contributed by atoms with Gasteiger partial charge in [-0.15, -0.1) is 0 Å². The van der Waals surface area contributed by atoms with Crippen LogP contribution in [-0.4, -0.2) is 24.1 Å². The highest BCUT2D eigenvalue weighted by atomic mass is 15.1. The van der Waals surface area contributed by atoms with Gasteiger partial charge < -0.3 is 14.9 Å². The molecule has 6 heteroatoms.